The molecular weight excluding hydrogens is 274 g/mol. The summed E-state index contributed by atoms with van der Waals surface area (Å²) >= 11 is 0. The van der Waals surface area contributed by atoms with Crippen LogP contribution in [0.4, 0.5) is 0 Å². The fraction of sp³-hybridized carbons (Fsp3) is 0.263. The minimum atomic E-state index is -0.0584. The lowest BCUT2D eigenvalue weighted by atomic mass is 9.93. The summed E-state index contributed by atoms with van der Waals surface area (Å²) in [7, 11) is 0. The molecule has 1 N–H and O–H groups in total. The van der Waals surface area contributed by atoms with Gasteiger partial charge in [-0.2, -0.15) is 0 Å². The molecule has 0 heterocycles. The van der Waals surface area contributed by atoms with Crippen LogP contribution in [0.2, 0.25) is 0 Å². The third-order valence-corrected chi connectivity index (χ3v) is 3.69. The lowest BCUT2D eigenvalue weighted by Crippen LogP contribution is -2.28. The highest BCUT2D eigenvalue weighted by Crippen LogP contribution is 2.21. The van der Waals surface area contributed by atoms with Crippen LogP contribution in [-0.2, 0) is 4.79 Å². The molecule has 0 aromatic heterocycles. The quantitative estimate of drug-likeness (QED) is 0.598. The Morgan fingerprint density at radius 3 is 2.27 bits per heavy atom. The first-order chi connectivity index (χ1) is 10.8. The zero-order valence-electron chi connectivity index (χ0n) is 12.6. The van der Waals surface area contributed by atoms with Crippen LogP contribution in [0.3, 0.4) is 0 Å². The summed E-state index contributed by atoms with van der Waals surface area (Å²) in [5, 5.41) is 3.00. The van der Waals surface area contributed by atoms with Crippen molar-refractivity contribution >= 4 is 12.2 Å². The van der Waals surface area contributed by atoms with Gasteiger partial charge in [0.25, 0.3) is 5.91 Å². The smallest absolute Gasteiger partial charge is 0.251 e. The Labute approximate surface area is 131 Å². The average Bonchev–Trinajstić information content (AvgIpc) is 2.59. The second-order valence-corrected chi connectivity index (χ2v) is 5.28. The molecule has 0 bridgehead atoms. The van der Waals surface area contributed by atoms with Crippen LogP contribution >= 0.6 is 0 Å². The van der Waals surface area contributed by atoms with Gasteiger partial charge in [0, 0.05) is 24.4 Å². The van der Waals surface area contributed by atoms with Crippen molar-refractivity contribution in [3.63, 3.8) is 0 Å². The summed E-state index contributed by atoms with van der Waals surface area (Å²) < 4.78 is 0. The lowest BCUT2D eigenvalue weighted by molar-refractivity contribution is -0.107. The van der Waals surface area contributed by atoms with E-state index in [1.165, 1.54) is 5.56 Å². The predicted octanol–water partition coefficient (Wildman–Crippen LogP) is 3.57. The van der Waals surface area contributed by atoms with Crippen molar-refractivity contribution in [3.05, 3.63) is 71.8 Å². The van der Waals surface area contributed by atoms with Gasteiger partial charge in [0.1, 0.15) is 6.29 Å². The molecule has 0 radical (unpaired) electrons. The Balaban J connectivity index is 1.97. The highest BCUT2D eigenvalue weighted by atomic mass is 16.1. The van der Waals surface area contributed by atoms with Crippen molar-refractivity contribution in [2.45, 2.75) is 25.2 Å². The van der Waals surface area contributed by atoms with E-state index in [1.54, 1.807) is 12.1 Å². The number of benzene rings is 2. The lowest BCUT2D eigenvalue weighted by Gasteiger charge is -2.18. The van der Waals surface area contributed by atoms with Crippen molar-refractivity contribution in [1.29, 1.82) is 0 Å². The monoisotopic (exact) mass is 295 g/mol. The second-order valence-electron chi connectivity index (χ2n) is 5.28. The molecule has 114 valence electrons. The molecule has 0 saturated heterocycles. The van der Waals surface area contributed by atoms with Crippen LogP contribution in [0.1, 0.15) is 41.1 Å². The number of hydrogen-bond donors (Lipinski definition) is 1. The molecular formula is C19H21NO2. The zero-order valence-corrected chi connectivity index (χ0v) is 12.6. The average molecular weight is 295 g/mol. The van der Waals surface area contributed by atoms with Crippen LogP contribution in [0.25, 0.3) is 0 Å². The van der Waals surface area contributed by atoms with E-state index in [0.29, 0.717) is 18.5 Å². The van der Waals surface area contributed by atoms with Crippen molar-refractivity contribution in [1.82, 2.24) is 5.32 Å². The van der Waals surface area contributed by atoms with E-state index in [2.05, 4.69) is 17.4 Å². The first-order valence-corrected chi connectivity index (χ1v) is 7.63. The molecule has 1 atom stereocenters. The number of aldehydes is 1. The van der Waals surface area contributed by atoms with Gasteiger partial charge >= 0.3 is 0 Å². The summed E-state index contributed by atoms with van der Waals surface area (Å²) in [6.07, 6.45) is 3.24. The largest absolute Gasteiger partial charge is 0.351 e. The summed E-state index contributed by atoms with van der Waals surface area (Å²) in [6.45, 7) is 0.580. The number of nitrogens with one attached hydrogen (secondary N) is 1. The number of carbonyl (C=O) groups is 2. The van der Waals surface area contributed by atoms with E-state index in [4.69, 9.17) is 0 Å². The molecule has 2 aromatic carbocycles. The van der Waals surface area contributed by atoms with Crippen molar-refractivity contribution in [2.75, 3.05) is 6.54 Å². The maximum absolute atomic E-state index is 12.1. The predicted molar refractivity (Wildman–Crippen MR) is 87.9 cm³/mol. The summed E-state index contributed by atoms with van der Waals surface area (Å²) in [4.78, 5) is 22.6. The number of hydrogen-bond acceptors (Lipinski definition) is 2. The minimum absolute atomic E-state index is 0.0584. The molecule has 1 amide bonds. The van der Waals surface area contributed by atoms with Crippen LogP contribution < -0.4 is 5.32 Å². The first-order valence-electron chi connectivity index (χ1n) is 7.63. The van der Waals surface area contributed by atoms with Gasteiger partial charge in [-0.05, 0) is 30.5 Å². The fourth-order valence-corrected chi connectivity index (χ4v) is 2.47. The standard InChI is InChI=1S/C19H21NO2/c21-14-8-7-13-18(16-9-3-1-4-10-16)15-20-19(22)17-11-5-2-6-12-17/h1-6,9-12,14,18H,7-8,13,15H2,(H,20,22). The number of unbranched alkanes of at least 4 members (excludes halogenated alkanes) is 1. The second kappa shape index (κ2) is 8.78. The molecule has 0 fully saturated rings. The van der Waals surface area contributed by atoms with Gasteiger partial charge in [-0.25, -0.2) is 0 Å². The van der Waals surface area contributed by atoms with Crippen LogP contribution in [0.15, 0.2) is 60.7 Å². The zero-order chi connectivity index (χ0) is 15.6. The molecule has 2 aromatic rings. The molecule has 1 unspecified atom stereocenters. The van der Waals surface area contributed by atoms with Crippen molar-refractivity contribution < 1.29 is 9.59 Å². The molecule has 0 spiro atoms. The third-order valence-electron chi connectivity index (χ3n) is 3.69. The Kier molecular flexibility index (Phi) is 6.37. The number of rotatable bonds is 8. The molecule has 0 aliphatic rings. The van der Waals surface area contributed by atoms with E-state index < -0.39 is 0 Å². The number of carbonyl (C=O) groups excluding carboxylic acids is 2. The Bertz CT molecular complexity index is 581. The Hall–Kier alpha value is -2.42. The summed E-state index contributed by atoms with van der Waals surface area (Å²) in [5.74, 6) is 0.172. The van der Waals surface area contributed by atoms with E-state index in [0.717, 1.165) is 19.1 Å². The van der Waals surface area contributed by atoms with E-state index in [9.17, 15) is 9.59 Å². The number of amides is 1. The Morgan fingerprint density at radius 1 is 1.00 bits per heavy atom. The van der Waals surface area contributed by atoms with Crippen molar-refractivity contribution in [2.24, 2.45) is 0 Å². The molecule has 0 aliphatic carbocycles. The molecule has 0 aliphatic heterocycles. The van der Waals surface area contributed by atoms with Gasteiger partial charge in [0.2, 0.25) is 0 Å². The minimum Gasteiger partial charge on any atom is -0.351 e. The van der Waals surface area contributed by atoms with Gasteiger partial charge < -0.3 is 10.1 Å². The normalized spacial score (nSPS) is 11.6. The SMILES string of the molecule is O=CCCCC(CNC(=O)c1ccccc1)c1ccccc1. The van der Waals surface area contributed by atoms with Crippen LogP contribution in [0, 0.1) is 0 Å². The van der Waals surface area contributed by atoms with Gasteiger partial charge in [-0.1, -0.05) is 48.5 Å². The molecule has 22 heavy (non-hydrogen) atoms. The van der Waals surface area contributed by atoms with Crippen molar-refractivity contribution in [3.8, 4) is 0 Å². The van der Waals surface area contributed by atoms with Gasteiger partial charge in [-0.15, -0.1) is 0 Å². The Morgan fingerprint density at radius 2 is 1.64 bits per heavy atom. The third kappa shape index (κ3) is 4.85. The molecule has 2 rings (SSSR count). The van der Waals surface area contributed by atoms with Gasteiger partial charge in [0.05, 0.1) is 0 Å². The highest BCUT2D eigenvalue weighted by Gasteiger charge is 2.13. The highest BCUT2D eigenvalue weighted by molar-refractivity contribution is 5.94. The van der Waals surface area contributed by atoms with Gasteiger partial charge in [-0.3, -0.25) is 4.79 Å². The topological polar surface area (TPSA) is 46.2 Å². The maximum atomic E-state index is 12.1. The summed E-state index contributed by atoms with van der Waals surface area (Å²) in [6, 6.07) is 19.3. The van der Waals surface area contributed by atoms with Gasteiger partial charge in [0.15, 0.2) is 0 Å². The van der Waals surface area contributed by atoms with Crippen LogP contribution in [-0.4, -0.2) is 18.7 Å². The molecule has 0 saturated carbocycles. The first kappa shape index (κ1) is 16.0. The van der Waals surface area contributed by atoms with E-state index in [-0.39, 0.29) is 11.8 Å². The van der Waals surface area contributed by atoms with Crippen LogP contribution in [0.5, 0.6) is 0 Å². The van der Waals surface area contributed by atoms with E-state index in [1.807, 2.05) is 36.4 Å². The molecule has 3 heteroatoms. The molecule has 3 nitrogen and oxygen atoms in total. The maximum Gasteiger partial charge on any atom is 0.251 e. The van der Waals surface area contributed by atoms with E-state index >= 15 is 0 Å². The summed E-state index contributed by atoms with van der Waals surface area (Å²) in [5.41, 5.74) is 1.86. The fourth-order valence-electron chi connectivity index (χ4n) is 2.47.